The van der Waals surface area contributed by atoms with Gasteiger partial charge in [-0.25, -0.2) is 8.78 Å². The number of hydrogen-bond donors (Lipinski definition) is 1. The molecule has 0 bridgehead atoms. The van der Waals surface area contributed by atoms with Crippen molar-refractivity contribution < 1.29 is 23.0 Å². The van der Waals surface area contributed by atoms with Crippen LogP contribution in [0.3, 0.4) is 0 Å². The van der Waals surface area contributed by atoms with Gasteiger partial charge < -0.3 is 14.2 Å². The van der Waals surface area contributed by atoms with E-state index < -0.39 is 18.3 Å². The number of ether oxygens (including phenoxy) is 3. The summed E-state index contributed by atoms with van der Waals surface area (Å²) in [5.74, 6) is 0.624. The van der Waals surface area contributed by atoms with Crippen molar-refractivity contribution in [1.82, 2.24) is 20.1 Å². The topological polar surface area (TPSA) is 72.5 Å². The van der Waals surface area contributed by atoms with Gasteiger partial charge in [0.1, 0.15) is 23.3 Å². The summed E-state index contributed by atoms with van der Waals surface area (Å²) < 4.78 is 44.2. The second-order valence-corrected chi connectivity index (χ2v) is 11.1. The van der Waals surface area contributed by atoms with E-state index in [0.717, 1.165) is 33.5 Å². The van der Waals surface area contributed by atoms with E-state index >= 15 is 0 Å². The summed E-state index contributed by atoms with van der Waals surface area (Å²) in [7, 11) is 0. The summed E-state index contributed by atoms with van der Waals surface area (Å²) >= 11 is 12.9. The van der Waals surface area contributed by atoms with Gasteiger partial charge in [0.25, 0.3) is 6.43 Å². The molecule has 0 amide bonds. The van der Waals surface area contributed by atoms with Crippen molar-refractivity contribution in [3.63, 3.8) is 0 Å². The lowest BCUT2D eigenvalue weighted by Gasteiger charge is -2.44. The molecule has 0 radical (unpaired) electrons. The van der Waals surface area contributed by atoms with Crippen LogP contribution in [0.2, 0.25) is 10.0 Å². The van der Waals surface area contributed by atoms with Gasteiger partial charge in [0.05, 0.1) is 34.4 Å². The van der Waals surface area contributed by atoms with E-state index in [1.165, 1.54) is 0 Å². The summed E-state index contributed by atoms with van der Waals surface area (Å²) in [5.41, 5.74) is 4.83. The molecule has 1 spiro atoms. The molecule has 210 valence electrons. The molecule has 2 aromatic carbocycles. The van der Waals surface area contributed by atoms with E-state index in [-0.39, 0.29) is 6.54 Å². The SMILES string of the molecule is Cc1ncc(Cl)c([C@@H](C)Oc2ccc3[nH]nc(-c4ccc5c(c4)COC4(CCN(CC(F)F)CC4)O5)c3c2)c1Cl. The highest BCUT2D eigenvalue weighted by Crippen LogP contribution is 2.41. The fourth-order valence-corrected chi connectivity index (χ4v) is 6.05. The maximum Gasteiger partial charge on any atom is 0.251 e. The molecule has 7 nitrogen and oxygen atoms in total. The minimum absolute atomic E-state index is 0.218. The van der Waals surface area contributed by atoms with Crippen molar-refractivity contribution in [2.75, 3.05) is 19.6 Å². The molecule has 2 aliphatic rings. The zero-order chi connectivity index (χ0) is 28.0. The average molecular weight is 589 g/mol. The van der Waals surface area contributed by atoms with Crippen LogP contribution in [-0.2, 0) is 11.3 Å². The Morgan fingerprint density at radius 2 is 1.95 bits per heavy atom. The van der Waals surface area contributed by atoms with Gasteiger partial charge in [0.15, 0.2) is 0 Å². The highest BCUT2D eigenvalue weighted by molar-refractivity contribution is 6.36. The van der Waals surface area contributed by atoms with E-state index in [9.17, 15) is 8.78 Å². The van der Waals surface area contributed by atoms with Gasteiger partial charge in [-0.2, -0.15) is 5.10 Å². The lowest BCUT2D eigenvalue weighted by Crippen LogP contribution is -2.51. The van der Waals surface area contributed by atoms with Gasteiger partial charge in [0.2, 0.25) is 5.79 Å². The summed E-state index contributed by atoms with van der Waals surface area (Å²) in [6, 6.07) is 11.6. The standard InChI is InChI=1S/C29H28Cl2F2N4O3/c1-16-27(31)26(22(30)13-34-16)17(2)39-20-4-5-23-21(12-20)28(36-35-23)18-3-6-24-19(11-18)15-38-29(40-24)7-9-37(10-8-29)14-25(32)33/h3-6,11-13,17,25H,7-10,14-15H2,1-2H3,(H,35,36)/t17-/m1/s1. The molecule has 1 N–H and O–H groups in total. The van der Waals surface area contributed by atoms with E-state index in [1.807, 2.05) is 50.2 Å². The number of benzene rings is 2. The van der Waals surface area contributed by atoms with Crippen LogP contribution in [0.1, 0.15) is 42.7 Å². The molecule has 0 unspecified atom stereocenters. The van der Waals surface area contributed by atoms with E-state index in [0.29, 0.717) is 59.6 Å². The largest absolute Gasteiger partial charge is 0.486 e. The van der Waals surface area contributed by atoms with Crippen molar-refractivity contribution in [2.45, 2.75) is 51.6 Å². The number of nitrogens with zero attached hydrogens (tertiary/aromatic N) is 3. The maximum absolute atomic E-state index is 12.8. The molecule has 0 saturated carbocycles. The van der Waals surface area contributed by atoms with E-state index in [4.69, 9.17) is 37.4 Å². The Kier molecular flexibility index (Phi) is 7.33. The molecule has 2 aromatic heterocycles. The first-order valence-corrected chi connectivity index (χ1v) is 13.9. The first kappa shape index (κ1) is 27.2. The van der Waals surface area contributed by atoms with Gasteiger partial charge in [0, 0.05) is 54.2 Å². The third kappa shape index (κ3) is 5.23. The Labute approximate surface area is 240 Å². The molecule has 40 heavy (non-hydrogen) atoms. The van der Waals surface area contributed by atoms with Crippen LogP contribution in [0.15, 0.2) is 42.6 Å². The Morgan fingerprint density at radius 1 is 1.15 bits per heavy atom. The second-order valence-electron chi connectivity index (χ2n) is 10.3. The monoisotopic (exact) mass is 588 g/mol. The zero-order valence-corrected chi connectivity index (χ0v) is 23.5. The summed E-state index contributed by atoms with van der Waals surface area (Å²) in [6.07, 6.45) is -0.0735. The number of piperidine rings is 1. The number of nitrogens with one attached hydrogen (secondary N) is 1. The number of aromatic nitrogens is 3. The predicted octanol–water partition coefficient (Wildman–Crippen LogP) is 7.35. The van der Waals surface area contributed by atoms with Crippen molar-refractivity contribution in [1.29, 1.82) is 0 Å². The van der Waals surface area contributed by atoms with Crippen LogP contribution in [0.5, 0.6) is 11.5 Å². The van der Waals surface area contributed by atoms with Crippen LogP contribution in [0, 0.1) is 6.92 Å². The molecule has 4 aromatic rings. The third-order valence-electron chi connectivity index (χ3n) is 7.57. The number of aryl methyl sites for hydroxylation is 1. The van der Waals surface area contributed by atoms with Gasteiger partial charge in [-0.3, -0.25) is 15.0 Å². The number of H-pyrrole nitrogens is 1. The number of pyridine rings is 1. The predicted molar refractivity (Wildman–Crippen MR) is 149 cm³/mol. The molecule has 0 aliphatic carbocycles. The van der Waals surface area contributed by atoms with Crippen molar-refractivity contribution in [3.8, 4) is 22.8 Å². The van der Waals surface area contributed by atoms with E-state index in [2.05, 4.69) is 15.2 Å². The van der Waals surface area contributed by atoms with Crippen LogP contribution in [-0.4, -0.2) is 51.9 Å². The van der Waals surface area contributed by atoms with Gasteiger partial charge in [-0.1, -0.05) is 23.2 Å². The molecular formula is C29H28Cl2F2N4O3. The van der Waals surface area contributed by atoms with Crippen LogP contribution in [0.4, 0.5) is 8.78 Å². The first-order valence-electron chi connectivity index (χ1n) is 13.1. The summed E-state index contributed by atoms with van der Waals surface area (Å²) in [5, 5.41) is 9.50. The first-order chi connectivity index (χ1) is 19.2. The molecule has 6 rings (SSSR count). The lowest BCUT2D eigenvalue weighted by molar-refractivity contribution is -0.229. The second kappa shape index (κ2) is 10.8. The number of aromatic amines is 1. The Balaban J connectivity index is 1.22. The van der Waals surface area contributed by atoms with Gasteiger partial charge in [-0.15, -0.1) is 0 Å². The molecule has 4 heterocycles. The van der Waals surface area contributed by atoms with Crippen molar-refractivity contribution in [2.24, 2.45) is 0 Å². The Hall–Kier alpha value is -2.98. The minimum Gasteiger partial charge on any atom is -0.486 e. The quantitative estimate of drug-likeness (QED) is 0.254. The molecule has 2 aliphatic heterocycles. The van der Waals surface area contributed by atoms with Crippen LogP contribution < -0.4 is 9.47 Å². The molecule has 1 fully saturated rings. The highest BCUT2D eigenvalue weighted by atomic mass is 35.5. The summed E-state index contributed by atoms with van der Waals surface area (Å²) in [6.45, 7) is 4.90. The van der Waals surface area contributed by atoms with Crippen LogP contribution in [0.25, 0.3) is 22.2 Å². The van der Waals surface area contributed by atoms with Crippen molar-refractivity contribution in [3.05, 3.63) is 69.5 Å². The number of alkyl halides is 2. The highest BCUT2D eigenvalue weighted by Gasteiger charge is 2.41. The van der Waals surface area contributed by atoms with Crippen molar-refractivity contribution >= 4 is 34.1 Å². The Morgan fingerprint density at radius 3 is 2.73 bits per heavy atom. The van der Waals surface area contributed by atoms with Crippen LogP contribution >= 0.6 is 23.2 Å². The molecule has 1 atom stereocenters. The fraction of sp³-hybridized carbons (Fsp3) is 0.379. The molecule has 1 saturated heterocycles. The third-order valence-corrected chi connectivity index (χ3v) is 8.35. The average Bonchev–Trinajstić information content (AvgIpc) is 3.35. The lowest BCUT2D eigenvalue weighted by atomic mass is 9.99. The number of fused-ring (bicyclic) bond motifs is 2. The molecular weight excluding hydrogens is 561 g/mol. The minimum atomic E-state index is -2.34. The number of hydrogen-bond acceptors (Lipinski definition) is 6. The smallest absolute Gasteiger partial charge is 0.251 e. The number of halogens is 4. The normalized spacial score (nSPS) is 17.7. The Bertz CT molecular complexity index is 1560. The van der Waals surface area contributed by atoms with Gasteiger partial charge in [-0.05, 0) is 50.2 Å². The number of rotatable bonds is 6. The number of likely N-dealkylation sites (tertiary alicyclic amines) is 1. The maximum atomic E-state index is 12.8. The summed E-state index contributed by atoms with van der Waals surface area (Å²) in [4.78, 5) is 5.95. The van der Waals surface area contributed by atoms with E-state index in [1.54, 1.807) is 11.1 Å². The molecule has 11 heteroatoms. The van der Waals surface area contributed by atoms with Gasteiger partial charge >= 0.3 is 0 Å². The zero-order valence-electron chi connectivity index (χ0n) is 22.0. The fourth-order valence-electron chi connectivity index (χ4n) is 5.40.